The van der Waals surface area contributed by atoms with Crippen LogP contribution in [-0.4, -0.2) is 93.1 Å². The van der Waals surface area contributed by atoms with E-state index in [1.807, 2.05) is 33.0 Å². The number of anilines is 2. The van der Waals surface area contributed by atoms with E-state index < -0.39 is 0 Å². The second-order valence-corrected chi connectivity index (χ2v) is 14.8. The average molecular weight is 709 g/mol. The van der Waals surface area contributed by atoms with E-state index in [1.54, 1.807) is 22.7 Å². The molecule has 6 aromatic rings. The molecule has 0 aliphatic carbocycles. The first-order valence-electron chi connectivity index (χ1n) is 17.3. The summed E-state index contributed by atoms with van der Waals surface area (Å²) in [6.07, 6.45) is 10.6. The molecule has 0 bridgehead atoms. The van der Waals surface area contributed by atoms with Crippen molar-refractivity contribution in [2.45, 2.75) is 25.7 Å². The fourth-order valence-electron chi connectivity index (χ4n) is 6.83. The summed E-state index contributed by atoms with van der Waals surface area (Å²) in [6, 6.07) is 17.2. The van der Waals surface area contributed by atoms with Crippen LogP contribution in [0.3, 0.4) is 0 Å². The number of carbonyl (C=O) groups is 2. The molecule has 10 nitrogen and oxygen atoms in total. The van der Waals surface area contributed by atoms with Gasteiger partial charge in [0.25, 0.3) is 0 Å². The number of thiazole rings is 2. The molecule has 0 spiro atoms. The lowest BCUT2D eigenvalue weighted by Crippen LogP contribution is -2.48. The fourth-order valence-corrected chi connectivity index (χ4v) is 8.22. The van der Waals surface area contributed by atoms with Crippen LogP contribution in [-0.2, 0) is 36.5 Å². The predicted molar refractivity (Wildman–Crippen MR) is 204 cm³/mol. The monoisotopic (exact) mass is 708 g/mol. The highest BCUT2D eigenvalue weighted by Crippen LogP contribution is 2.22. The van der Waals surface area contributed by atoms with Crippen LogP contribution in [0.25, 0.3) is 21.8 Å². The molecular weight excluding hydrogens is 665 g/mol. The third-order valence-corrected chi connectivity index (χ3v) is 11.5. The highest BCUT2D eigenvalue weighted by Gasteiger charge is 2.23. The number of benzene rings is 2. The van der Waals surface area contributed by atoms with Crippen LogP contribution < -0.4 is 9.80 Å². The summed E-state index contributed by atoms with van der Waals surface area (Å²) >= 11 is 3.32. The van der Waals surface area contributed by atoms with Crippen molar-refractivity contribution >= 4 is 66.6 Å². The van der Waals surface area contributed by atoms with E-state index in [4.69, 9.17) is 0 Å². The van der Waals surface area contributed by atoms with Crippen LogP contribution in [0.5, 0.6) is 0 Å². The molecule has 0 saturated carbocycles. The Balaban J connectivity index is 0.000000157. The Morgan fingerprint density at radius 2 is 1.02 bits per heavy atom. The van der Waals surface area contributed by atoms with E-state index in [0.717, 1.165) is 75.5 Å². The van der Waals surface area contributed by atoms with Crippen molar-refractivity contribution in [2.24, 2.45) is 14.1 Å². The van der Waals surface area contributed by atoms with Gasteiger partial charge in [0.2, 0.25) is 11.8 Å². The van der Waals surface area contributed by atoms with Gasteiger partial charge in [0.1, 0.15) is 0 Å². The number of nitrogens with zero attached hydrogens (tertiary/aromatic N) is 8. The lowest BCUT2D eigenvalue weighted by atomic mass is 10.1. The second-order valence-electron chi connectivity index (χ2n) is 13.0. The number of fused-ring (bicyclic) bond motifs is 2. The summed E-state index contributed by atoms with van der Waals surface area (Å²) in [5, 5.41) is 8.59. The molecule has 0 N–H and O–H groups in total. The lowest BCUT2D eigenvalue weighted by Gasteiger charge is -2.34. The molecule has 8 rings (SSSR count). The quantitative estimate of drug-likeness (QED) is 0.198. The topological polar surface area (TPSA) is 82.7 Å². The van der Waals surface area contributed by atoms with Gasteiger partial charge in [-0.25, -0.2) is 9.97 Å². The zero-order valence-electron chi connectivity index (χ0n) is 28.8. The number of aryl methyl sites for hydroxylation is 4. The smallest absolute Gasteiger partial charge is 0.223 e. The molecule has 6 heterocycles. The van der Waals surface area contributed by atoms with Crippen LogP contribution in [0.4, 0.5) is 10.3 Å². The zero-order chi connectivity index (χ0) is 34.5. The van der Waals surface area contributed by atoms with E-state index in [2.05, 4.69) is 104 Å². The molecular formula is C38H44N8O2S2. The van der Waals surface area contributed by atoms with E-state index in [1.165, 1.54) is 32.9 Å². The summed E-state index contributed by atoms with van der Waals surface area (Å²) < 4.78 is 4.23. The molecule has 0 unspecified atom stereocenters. The third kappa shape index (κ3) is 7.87. The van der Waals surface area contributed by atoms with E-state index in [-0.39, 0.29) is 11.8 Å². The van der Waals surface area contributed by atoms with E-state index in [0.29, 0.717) is 12.8 Å². The van der Waals surface area contributed by atoms with Crippen LogP contribution in [0.2, 0.25) is 0 Å². The van der Waals surface area contributed by atoms with Gasteiger partial charge in [-0.1, -0.05) is 12.1 Å². The first-order valence-corrected chi connectivity index (χ1v) is 19.1. The van der Waals surface area contributed by atoms with Crippen molar-refractivity contribution in [3.63, 3.8) is 0 Å². The largest absolute Gasteiger partial charge is 0.351 e. The molecule has 2 fully saturated rings. The predicted octanol–water partition coefficient (Wildman–Crippen LogP) is 5.83. The maximum atomic E-state index is 12.5. The highest BCUT2D eigenvalue weighted by atomic mass is 32.1. The molecule has 0 atom stereocenters. The first kappa shape index (κ1) is 33.8. The molecule has 12 heteroatoms. The van der Waals surface area contributed by atoms with Crippen LogP contribution >= 0.6 is 22.7 Å². The molecule has 2 amide bonds. The summed E-state index contributed by atoms with van der Waals surface area (Å²) in [7, 11) is 4.10. The Hall–Kier alpha value is -4.68. The van der Waals surface area contributed by atoms with E-state index in [9.17, 15) is 9.59 Å². The lowest BCUT2D eigenvalue weighted by molar-refractivity contribution is -0.132. The average Bonchev–Trinajstić information content (AvgIpc) is 4.00. The summed E-state index contributed by atoms with van der Waals surface area (Å²) in [4.78, 5) is 42.3. The summed E-state index contributed by atoms with van der Waals surface area (Å²) in [5.74, 6) is 0.513. The van der Waals surface area contributed by atoms with Crippen LogP contribution in [0, 0.1) is 0 Å². The normalized spacial score (nSPS) is 15.1. The standard InChI is InChI=1S/2C19H22N4OS/c2*1-21-8-6-16-14-15(2-4-17(16)21)3-5-18(24)22-9-11-23(12-10-22)19-20-7-13-25-19/h2*2,4,6-8,13-14H,3,5,9-12H2,1H3. The Morgan fingerprint density at radius 1 is 0.600 bits per heavy atom. The van der Waals surface area contributed by atoms with Crippen molar-refractivity contribution in [1.29, 1.82) is 0 Å². The van der Waals surface area contributed by atoms with Crippen molar-refractivity contribution < 1.29 is 9.59 Å². The van der Waals surface area contributed by atoms with Crippen molar-refractivity contribution in [3.8, 4) is 0 Å². The number of piperazine rings is 2. The van der Waals surface area contributed by atoms with Crippen molar-refractivity contribution in [2.75, 3.05) is 62.2 Å². The summed E-state index contributed by atoms with van der Waals surface area (Å²) in [6.45, 7) is 6.63. The summed E-state index contributed by atoms with van der Waals surface area (Å²) in [5.41, 5.74) is 4.92. The fraction of sp³-hybridized carbons (Fsp3) is 0.368. The number of rotatable bonds is 8. The minimum absolute atomic E-state index is 0.256. The SMILES string of the molecule is Cn1ccc2cc(CCC(=O)N3CCN(c4nccs4)CC3)ccc21.Cn1ccc2cc(CCC(=O)N3CCN(c4nccs4)CC3)ccc21. The Labute approximate surface area is 301 Å². The van der Waals surface area contributed by atoms with Gasteiger partial charge in [-0.3, -0.25) is 9.59 Å². The number of amides is 2. The van der Waals surface area contributed by atoms with Crippen LogP contribution in [0.15, 0.2) is 84.1 Å². The highest BCUT2D eigenvalue weighted by molar-refractivity contribution is 7.13. The number of hydrogen-bond acceptors (Lipinski definition) is 8. The minimum Gasteiger partial charge on any atom is -0.351 e. The number of carbonyl (C=O) groups excluding carboxylic acids is 2. The number of hydrogen-bond donors (Lipinski definition) is 0. The molecule has 2 aliphatic rings. The Bertz CT molecular complexity index is 1870. The van der Waals surface area contributed by atoms with Gasteiger partial charge in [-0.05, 0) is 71.1 Å². The van der Waals surface area contributed by atoms with Crippen LogP contribution in [0.1, 0.15) is 24.0 Å². The first-order chi connectivity index (χ1) is 24.4. The molecule has 0 radical (unpaired) electrons. The van der Waals surface area contributed by atoms with Gasteiger partial charge < -0.3 is 28.7 Å². The van der Waals surface area contributed by atoms with Gasteiger partial charge >= 0.3 is 0 Å². The maximum Gasteiger partial charge on any atom is 0.223 e. The molecule has 50 heavy (non-hydrogen) atoms. The van der Waals surface area contributed by atoms with Gasteiger partial charge in [-0.2, -0.15) is 0 Å². The third-order valence-electron chi connectivity index (χ3n) is 9.80. The van der Waals surface area contributed by atoms with E-state index >= 15 is 0 Å². The second kappa shape index (κ2) is 15.5. The van der Waals surface area contributed by atoms with Gasteiger partial charge in [0.05, 0.1) is 0 Å². The molecule has 2 saturated heterocycles. The molecule has 2 aromatic carbocycles. The number of aromatic nitrogens is 4. The van der Waals surface area contributed by atoms with Gasteiger partial charge in [-0.15, -0.1) is 22.7 Å². The molecule has 2 aliphatic heterocycles. The Morgan fingerprint density at radius 3 is 1.40 bits per heavy atom. The maximum absolute atomic E-state index is 12.5. The van der Waals surface area contributed by atoms with Gasteiger partial charge in [0.15, 0.2) is 10.3 Å². The van der Waals surface area contributed by atoms with Crippen molar-refractivity contribution in [3.05, 3.63) is 95.2 Å². The van der Waals surface area contributed by atoms with Gasteiger partial charge in [0, 0.05) is 126 Å². The molecule has 4 aromatic heterocycles. The Kier molecular flexibility index (Phi) is 10.5. The van der Waals surface area contributed by atoms with Crippen molar-refractivity contribution in [1.82, 2.24) is 28.9 Å². The zero-order valence-corrected chi connectivity index (χ0v) is 30.4. The molecule has 260 valence electrons. The minimum atomic E-state index is 0.256.